The van der Waals surface area contributed by atoms with Gasteiger partial charge in [0.25, 0.3) is 0 Å². The van der Waals surface area contributed by atoms with E-state index < -0.39 is 7.81 Å². The molecule has 0 N–H and O–H groups in total. The van der Waals surface area contributed by atoms with E-state index in [1.54, 1.807) is 0 Å². The Labute approximate surface area is 162 Å². The van der Waals surface area contributed by atoms with Crippen LogP contribution in [0, 0.1) is 0 Å². The fourth-order valence-corrected chi connectivity index (χ4v) is 3.02. The van der Waals surface area contributed by atoms with Crippen LogP contribution >= 0.6 is 7.81 Å². The average Bonchev–Trinajstić information content (AvgIpc) is 2.91. The van der Waals surface area contributed by atoms with Crippen molar-refractivity contribution >= 4 is 18.8 Å². The molecule has 0 aliphatic carbocycles. The van der Waals surface area contributed by atoms with Crippen LogP contribution in [0.15, 0.2) is 30.6 Å². The fraction of sp³-hybridized carbons (Fsp3) is 0.632. The van der Waals surface area contributed by atoms with Crippen LogP contribution in [-0.2, 0) is 13.1 Å². The van der Waals surface area contributed by atoms with Gasteiger partial charge in [0.2, 0.25) is 6.33 Å². The quantitative estimate of drug-likeness (QED) is 0.154. The molecular weight excluding hydrogens is 401 g/mol. The molecular formula is C19H31F6N2P. The molecule has 0 saturated carbocycles. The predicted molar refractivity (Wildman–Crippen MR) is 104 cm³/mol. The second kappa shape index (κ2) is 9.47. The van der Waals surface area contributed by atoms with Gasteiger partial charge in [-0.3, -0.25) is 0 Å². The molecule has 0 fully saturated rings. The maximum absolute atomic E-state index is 10.7. The van der Waals surface area contributed by atoms with E-state index in [0.29, 0.717) is 0 Å². The van der Waals surface area contributed by atoms with E-state index in [1.807, 2.05) is 0 Å². The molecule has 0 bridgehead atoms. The number of aryl methyl sites for hydroxylation is 2. The Bertz CT molecular complexity index is 667. The number of fused-ring (bicyclic) bond motifs is 1. The van der Waals surface area contributed by atoms with E-state index in [9.17, 15) is 25.2 Å². The normalized spacial score (nSPS) is 14.3. The molecule has 164 valence electrons. The van der Waals surface area contributed by atoms with Gasteiger partial charge in [-0.2, -0.15) is 0 Å². The van der Waals surface area contributed by atoms with Crippen molar-refractivity contribution < 1.29 is 29.7 Å². The molecule has 2 rings (SSSR count). The third-order valence-corrected chi connectivity index (χ3v) is 4.28. The summed E-state index contributed by atoms with van der Waals surface area (Å²) in [5, 5.41) is 0. The monoisotopic (exact) mass is 432 g/mol. The minimum absolute atomic E-state index is 1.16. The third kappa shape index (κ3) is 12.2. The Balaban J connectivity index is 0.000000480. The van der Waals surface area contributed by atoms with Gasteiger partial charge < -0.3 is 0 Å². The second-order valence-electron chi connectivity index (χ2n) is 7.07. The number of benzene rings is 1. The molecule has 1 aromatic heterocycles. The summed E-state index contributed by atoms with van der Waals surface area (Å²) in [6.07, 6.45) is 13.0. The molecule has 0 spiro atoms. The van der Waals surface area contributed by atoms with E-state index in [4.69, 9.17) is 0 Å². The zero-order valence-corrected chi connectivity index (χ0v) is 17.5. The Hall–Kier alpha value is -1.30. The van der Waals surface area contributed by atoms with Gasteiger partial charge in [-0.1, -0.05) is 51.7 Å². The summed E-state index contributed by atoms with van der Waals surface area (Å²) in [7, 11) is -10.7. The molecule has 0 atom stereocenters. The van der Waals surface area contributed by atoms with Gasteiger partial charge in [0.15, 0.2) is 11.0 Å². The van der Waals surface area contributed by atoms with Gasteiger partial charge in [0.1, 0.15) is 0 Å². The first-order valence-corrected chi connectivity index (χ1v) is 11.9. The minimum atomic E-state index is -10.7. The molecule has 2 aromatic rings. The first-order valence-electron chi connectivity index (χ1n) is 9.85. The van der Waals surface area contributed by atoms with Crippen molar-refractivity contribution in [3.63, 3.8) is 0 Å². The van der Waals surface area contributed by atoms with Gasteiger partial charge in [-0.05, 0) is 37.8 Å². The number of unbranched alkanes of at least 4 members (excludes halogenated alkanes) is 6. The Morgan fingerprint density at radius 2 is 1.32 bits per heavy atom. The van der Waals surface area contributed by atoms with Crippen molar-refractivity contribution in [1.29, 1.82) is 0 Å². The topological polar surface area (TPSA) is 8.81 Å². The van der Waals surface area contributed by atoms with Crippen LogP contribution < -0.4 is 4.57 Å². The number of hydrogen-bond acceptors (Lipinski definition) is 0. The number of imidazole rings is 1. The second-order valence-corrected chi connectivity index (χ2v) is 8.99. The van der Waals surface area contributed by atoms with E-state index in [1.165, 1.54) is 62.4 Å². The summed E-state index contributed by atoms with van der Waals surface area (Å²) in [6, 6.07) is 8.84. The van der Waals surface area contributed by atoms with Crippen molar-refractivity contribution in [2.45, 2.75) is 78.3 Å². The van der Waals surface area contributed by atoms with Gasteiger partial charge in [-0.15, -0.1) is 0 Å². The van der Waals surface area contributed by atoms with Crippen LogP contribution in [0.1, 0.15) is 65.2 Å². The van der Waals surface area contributed by atoms with Crippen LogP contribution in [0.2, 0.25) is 0 Å². The molecule has 0 radical (unpaired) electrons. The van der Waals surface area contributed by atoms with Crippen LogP contribution in [0.5, 0.6) is 0 Å². The molecule has 9 heteroatoms. The summed E-state index contributed by atoms with van der Waals surface area (Å²) >= 11 is 0. The third-order valence-electron chi connectivity index (χ3n) is 4.28. The van der Waals surface area contributed by atoms with E-state index >= 15 is 0 Å². The number of aromatic nitrogens is 2. The number of rotatable bonds is 10. The van der Waals surface area contributed by atoms with Crippen LogP contribution in [0.25, 0.3) is 11.0 Å². The first-order chi connectivity index (χ1) is 12.8. The Morgan fingerprint density at radius 1 is 0.786 bits per heavy atom. The standard InChI is InChI=1S/C19H31N2.F6P/c1-3-5-7-11-15-20-17-21(16-12-8-6-4-2)19-14-10-9-13-18(19)20;1-7(2,3,4,5)6/h9-10,13-14,17H,3-8,11-12,15-16H2,1-2H3;/q+1;-1. The van der Waals surface area contributed by atoms with Gasteiger partial charge >= 0.3 is 33.0 Å². The van der Waals surface area contributed by atoms with E-state index in [-0.39, 0.29) is 0 Å². The molecule has 28 heavy (non-hydrogen) atoms. The van der Waals surface area contributed by atoms with Gasteiger partial charge in [0.05, 0.1) is 13.1 Å². The molecule has 0 amide bonds. The van der Waals surface area contributed by atoms with Crippen molar-refractivity contribution in [2.24, 2.45) is 0 Å². The van der Waals surface area contributed by atoms with Crippen molar-refractivity contribution in [3.05, 3.63) is 30.6 Å². The zero-order chi connectivity index (χ0) is 21.3. The molecule has 0 saturated heterocycles. The van der Waals surface area contributed by atoms with Gasteiger partial charge in [-0.25, -0.2) is 9.13 Å². The molecule has 0 aliphatic rings. The zero-order valence-electron chi connectivity index (χ0n) is 16.6. The van der Waals surface area contributed by atoms with E-state index in [2.05, 4.69) is 53.6 Å². The van der Waals surface area contributed by atoms with Crippen molar-refractivity contribution in [3.8, 4) is 0 Å². The predicted octanol–water partition coefficient (Wildman–Crippen LogP) is 8.47. The van der Waals surface area contributed by atoms with Crippen LogP contribution in [0.4, 0.5) is 25.2 Å². The molecule has 1 heterocycles. The summed E-state index contributed by atoms with van der Waals surface area (Å²) in [5.74, 6) is 0. The average molecular weight is 432 g/mol. The summed E-state index contributed by atoms with van der Waals surface area (Å²) in [6.45, 7) is 6.86. The fourth-order valence-electron chi connectivity index (χ4n) is 3.02. The summed E-state index contributed by atoms with van der Waals surface area (Å²) < 4.78 is 64.1. The van der Waals surface area contributed by atoms with Crippen molar-refractivity contribution in [2.75, 3.05) is 0 Å². The number of para-hydroxylation sites is 2. The maximum atomic E-state index is 9.87. The van der Waals surface area contributed by atoms with Crippen LogP contribution in [0.3, 0.4) is 0 Å². The number of nitrogens with zero attached hydrogens (tertiary/aromatic N) is 2. The Kier molecular flexibility index (Phi) is 8.36. The SMILES string of the molecule is CCCCCCn1c[n+](CCCCCC)c2ccccc21.F[P-](F)(F)(F)(F)F. The van der Waals surface area contributed by atoms with Crippen LogP contribution in [-0.4, -0.2) is 4.57 Å². The molecule has 1 aromatic carbocycles. The number of halogens is 6. The van der Waals surface area contributed by atoms with Gasteiger partial charge in [0, 0.05) is 0 Å². The van der Waals surface area contributed by atoms with Crippen molar-refractivity contribution in [1.82, 2.24) is 4.57 Å². The Morgan fingerprint density at radius 3 is 1.89 bits per heavy atom. The molecule has 2 nitrogen and oxygen atoms in total. The summed E-state index contributed by atoms with van der Waals surface area (Å²) in [5.41, 5.74) is 2.79. The molecule has 0 unspecified atom stereocenters. The van der Waals surface area contributed by atoms with E-state index in [0.717, 1.165) is 13.1 Å². The molecule has 0 aliphatic heterocycles. The number of hydrogen-bond donors (Lipinski definition) is 0. The summed E-state index contributed by atoms with van der Waals surface area (Å²) in [4.78, 5) is 0. The first kappa shape index (κ1) is 24.7.